The number of ether oxygens (including phenoxy) is 1. The van der Waals surface area contributed by atoms with E-state index in [2.05, 4.69) is 0 Å². The highest BCUT2D eigenvalue weighted by Gasteiger charge is 2.19. The fraction of sp³-hybridized carbons (Fsp3) is 0.429. The van der Waals surface area contributed by atoms with Gasteiger partial charge in [0.2, 0.25) is 0 Å². The molecule has 0 amide bonds. The molecule has 0 spiro atoms. The fourth-order valence-corrected chi connectivity index (χ4v) is 3.11. The molecule has 1 heterocycles. The molecule has 0 aliphatic carbocycles. The number of halogens is 2. The summed E-state index contributed by atoms with van der Waals surface area (Å²) in [6, 6.07) is 3.99. The average Bonchev–Trinajstić information content (AvgIpc) is 2.65. The Hall–Kier alpha value is -1.11. The maximum absolute atomic E-state index is 13.4. The van der Waals surface area contributed by atoms with E-state index in [0.29, 0.717) is 18.7 Å². The summed E-state index contributed by atoms with van der Waals surface area (Å²) in [5, 5.41) is 0.278. The Morgan fingerprint density at radius 2 is 2.00 bits per heavy atom. The summed E-state index contributed by atoms with van der Waals surface area (Å²) >= 11 is 0. The molecule has 0 atom stereocenters. The lowest BCUT2D eigenvalue weighted by atomic mass is 10.2. The van der Waals surface area contributed by atoms with E-state index in [0.717, 1.165) is 0 Å². The van der Waals surface area contributed by atoms with Crippen molar-refractivity contribution in [3.8, 4) is 0 Å². The second-order valence-electron chi connectivity index (χ2n) is 5.75. The summed E-state index contributed by atoms with van der Waals surface area (Å²) in [6.45, 7) is 6.67. The predicted octanol–water partition coefficient (Wildman–Crippen LogP) is 3.52. The molecule has 0 saturated carbocycles. The van der Waals surface area contributed by atoms with Gasteiger partial charge in [0.25, 0.3) is 9.05 Å². The van der Waals surface area contributed by atoms with Crippen LogP contribution in [0.2, 0.25) is 0 Å². The van der Waals surface area contributed by atoms with Gasteiger partial charge < -0.3 is 9.30 Å². The van der Waals surface area contributed by atoms with Gasteiger partial charge in [-0.05, 0) is 39.0 Å². The van der Waals surface area contributed by atoms with Crippen LogP contribution < -0.4 is 0 Å². The Kier molecular flexibility index (Phi) is 4.33. The van der Waals surface area contributed by atoms with Crippen molar-refractivity contribution in [2.24, 2.45) is 0 Å². The third-order valence-corrected chi connectivity index (χ3v) is 4.29. The van der Waals surface area contributed by atoms with Gasteiger partial charge in [-0.1, -0.05) is 0 Å². The van der Waals surface area contributed by atoms with Gasteiger partial charge in [0, 0.05) is 34.3 Å². The van der Waals surface area contributed by atoms with Gasteiger partial charge in [-0.3, -0.25) is 0 Å². The van der Waals surface area contributed by atoms with Crippen molar-refractivity contribution in [1.29, 1.82) is 0 Å². The molecule has 1 aromatic carbocycles. The average molecular weight is 334 g/mol. The first-order chi connectivity index (χ1) is 9.58. The van der Waals surface area contributed by atoms with E-state index in [9.17, 15) is 12.8 Å². The summed E-state index contributed by atoms with van der Waals surface area (Å²) in [4.78, 5) is -0.0885. The first-order valence-corrected chi connectivity index (χ1v) is 8.76. The van der Waals surface area contributed by atoms with Crippen molar-refractivity contribution in [3.05, 3.63) is 30.2 Å². The monoisotopic (exact) mass is 333 g/mol. The maximum Gasteiger partial charge on any atom is 0.263 e. The third kappa shape index (κ3) is 3.96. The molecule has 2 aromatic rings. The second kappa shape index (κ2) is 5.59. The third-order valence-electron chi connectivity index (χ3n) is 2.94. The topological polar surface area (TPSA) is 48.3 Å². The molecule has 0 aliphatic heterocycles. The molecule has 21 heavy (non-hydrogen) atoms. The number of benzene rings is 1. The van der Waals surface area contributed by atoms with Gasteiger partial charge in [0.15, 0.2) is 0 Å². The number of hydrogen-bond acceptors (Lipinski definition) is 3. The zero-order valence-electron chi connectivity index (χ0n) is 12.1. The summed E-state index contributed by atoms with van der Waals surface area (Å²) in [7, 11) is 1.48. The quantitative estimate of drug-likeness (QED) is 0.804. The number of aromatic nitrogens is 1. The minimum Gasteiger partial charge on any atom is -0.374 e. The molecule has 0 fully saturated rings. The van der Waals surface area contributed by atoms with E-state index in [-0.39, 0.29) is 15.9 Å². The molecular weight excluding hydrogens is 317 g/mol. The van der Waals surface area contributed by atoms with Crippen molar-refractivity contribution < 1.29 is 17.5 Å². The van der Waals surface area contributed by atoms with E-state index in [4.69, 9.17) is 15.4 Å². The van der Waals surface area contributed by atoms with Gasteiger partial charge in [0.05, 0.1) is 12.2 Å². The molecule has 4 nitrogen and oxygen atoms in total. The minimum atomic E-state index is -3.93. The SMILES string of the molecule is CC(C)(C)OCCn1cc(S(=O)(=O)Cl)c2cc(F)ccc21. The number of fused-ring (bicyclic) bond motifs is 1. The Bertz CT molecular complexity index is 762. The van der Waals surface area contributed by atoms with Crippen LogP contribution in [-0.2, 0) is 20.3 Å². The van der Waals surface area contributed by atoms with Crippen LogP contribution >= 0.6 is 10.7 Å². The first kappa shape index (κ1) is 16.3. The largest absolute Gasteiger partial charge is 0.374 e. The van der Waals surface area contributed by atoms with Crippen LogP contribution in [-0.4, -0.2) is 25.2 Å². The van der Waals surface area contributed by atoms with Crippen molar-refractivity contribution >= 4 is 30.6 Å². The van der Waals surface area contributed by atoms with Crippen LogP contribution in [0.3, 0.4) is 0 Å². The van der Waals surface area contributed by atoms with Crippen molar-refractivity contribution in [3.63, 3.8) is 0 Å². The lowest BCUT2D eigenvalue weighted by molar-refractivity contribution is -0.00647. The van der Waals surface area contributed by atoms with E-state index < -0.39 is 14.9 Å². The zero-order chi connectivity index (χ0) is 15.8. The van der Waals surface area contributed by atoms with Crippen LogP contribution in [0.4, 0.5) is 4.39 Å². The molecule has 116 valence electrons. The second-order valence-corrected chi connectivity index (χ2v) is 8.28. The molecular formula is C14H17ClFNO3S. The maximum atomic E-state index is 13.4. The lowest BCUT2D eigenvalue weighted by Crippen LogP contribution is -2.21. The molecule has 0 aliphatic rings. The Morgan fingerprint density at radius 3 is 2.57 bits per heavy atom. The van der Waals surface area contributed by atoms with Crippen LogP contribution in [0.1, 0.15) is 20.8 Å². The number of hydrogen-bond donors (Lipinski definition) is 0. The van der Waals surface area contributed by atoms with Crippen molar-refractivity contribution in [1.82, 2.24) is 4.57 Å². The molecule has 0 saturated heterocycles. The minimum absolute atomic E-state index is 0.0885. The Balaban J connectivity index is 2.41. The van der Waals surface area contributed by atoms with Crippen LogP contribution in [0, 0.1) is 5.82 Å². The van der Waals surface area contributed by atoms with E-state index in [1.807, 2.05) is 20.8 Å². The fourth-order valence-electron chi connectivity index (χ4n) is 2.07. The van der Waals surface area contributed by atoms with Crippen molar-refractivity contribution in [2.75, 3.05) is 6.61 Å². The first-order valence-electron chi connectivity index (χ1n) is 6.45. The lowest BCUT2D eigenvalue weighted by Gasteiger charge is -2.19. The van der Waals surface area contributed by atoms with E-state index in [1.54, 1.807) is 4.57 Å². The summed E-state index contributed by atoms with van der Waals surface area (Å²) in [6.07, 6.45) is 1.42. The standard InChI is InChI=1S/C14H17ClFNO3S/c1-14(2,3)20-7-6-17-9-13(21(15,18)19)11-8-10(16)4-5-12(11)17/h4-5,8-9H,6-7H2,1-3H3. The highest BCUT2D eigenvalue weighted by atomic mass is 35.7. The van der Waals surface area contributed by atoms with Crippen LogP contribution in [0.5, 0.6) is 0 Å². The summed E-state index contributed by atoms with van der Waals surface area (Å²) in [5.74, 6) is -0.507. The van der Waals surface area contributed by atoms with Gasteiger partial charge in [-0.25, -0.2) is 12.8 Å². The Morgan fingerprint density at radius 1 is 1.33 bits per heavy atom. The van der Waals surface area contributed by atoms with Gasteiger partial charge in [-0.2, -0.15) is 0 Å². The van der Waals surface area contributed by atoms with Gasteiger partial charge >= 0.3 is 0 Å². The molecule has 0 N–H and O–H groups in total. The molecule has 0 bridgehead atoms. The molecule has 2 rings (SSSR count). The van der Waals surface area contributed by atoms with Gasteiger partial charge in [-0.15, -0.1) is 0 Å². The van der Waals surface area contributed by atoms with Crippen LogP contribution in [0.25, 0.3) is 10.9 Å². The van der Waals surface area contributed by atoms with E-state index in [1.165, 1.54) is 24.4 Å². The molecule has 0 radical (unpaired) electrons. The molecule has 7 heteroatoms. The number of rotatable bonds is 4. The molecule has 0 unspecified atom stereocenters. The van der Waals surface area contributed by atoms with Crippen LogP contribution in [0.15, 0.2) is 29.3 Å². The highest BCUT2D eigenvalue weighted by molar-refractivity contribution is 8.14. The number of nitrogens with zero attached hydrogens (tertiary/aromatic N) is 1. The summed E-state index contributed by atoms with van der Waals surface area (Å²) in [5.41, 5.74) is 0.323. The highest BCUT2D eigenvalue weighted by Crippen LogP contribution is 2.28. The smallest absolute Gasteiger partial charge is 0.263 e. The molecule has 1 aromatic heterocycles. The van der Waals surface area contributed by atoms with Crippen molar-refractivity contribution in [2.45, 2.75) is 37.8 Å². The van der Waals surface area contributed by atoms with E-state index >= 15 is 0 Å². The normalized spacial score (nSPS) is 13.0. The zero-order valence-corrected chi connectivity index (χ0v) is 13.6. The predicted molar refractivity (Wildman–Crippen MR) is 80.6 cm³/mol. The summed E-state index contributed by atoms with van der Waals surface area (Å²) < 4.78 is 43.9. The van der Waals surface area contributed by atoms with Gasteiger partial charge in [0.1, 0.15) is 10.7 Å². The Labute approximate surface area is 127 Å².